The summed E-state index contributed by atoms with van der Waals surface area (Å²) in [4.78, 5) is 4.17. The molecular weight excluding hydrogens is 394 g/mol. The van der Waals surface area contributed by atoms with Crippen LogP contribution in [-0.2, 0) is 6.54 Å². The zero-order valence-electron chi connectivity index (χ0n) is 13.3. The van der Waals surface area contributed by atoms with Gasteiger partial charge in [0.15, 0.2) is 4.73 Å². The SMILES string of the molecule is CCCCCCCCCCCCCCn1nc(Br)nc1Br. The van der Waals surface area contributed by atoms with E-state index in [2.05, 4.69) is 48.9 Å². The first-order chi connectivity index (χ1) is 10.2. The minimum absolute atomic E-state index is 0.660. The summed E-state index contributed by atoms with van der Waals surface area (Å²) in [6.07, 6.45) is 16.6. The lowest BCUT2D eigenvalue weighted by atomic mass is 10.1. The average molecular weight is 423 g/mol. The van der Waals surface area contributed by atoms with Gasteiger partial charge in [0, 0.05) is 6.54 Å². The fourth-order valence-electron chi connectivity index (χ4n) is 2.54. The van der Waals surface area contributed by atoms with E-state index in [1.165, 1.54) is 77.0 Å². The molecule has 21 heavy (non-hydrogen) atoms. The van der Waals surface area contributed by atoms with Crippen LogP contribution in [0.15, 0.2) is 9.47 Å². The molecule has 0 saturated heterocycles. The van der Waals surface area contributed by atoms with Gasteiger partial charge >= 0.3 is 0 Å². The molecule has 1 aromatic heterocycles. The maximum absolute atomic E-state index is 4.27. The summed E-state index contributed by atoms with van der Waals surface area (Å²) in [6.45, 7) is 3.23. The standard InChI is InChI=1S/C16H29Br2N3/c1-2-3-4-5-6-7-8-9-10-11-12-13-14-21-16(18)19-15(17)20-21/h2-14H2,1H3. The quantitative estimate of drug-likeness (QED) is 0.339. The molecule has 122 valence electrons. The molecule has 0 aliphatic carbocycles. The van der Waals surface area contributed by atoms with Crippen LogP contribution in [0.5, 0.6) is 0 Å². The number of rotatable bonds is 13. The molecule has 0 fully saturated rings. The zero-order valence-corrected chi connectivity index (χ0v) is 16.5. The van der Waals surface area contributed by atoms with Crippen molar-refractivity contribution >= 4 is 31.9 Å². The summed E-state index contributed by atoms with van der Waals surface area (Å²) in [7, 11) is 0. The number of unbranched alkanes of at least 4 members (excludes halogenated alkanes) is 11. The van der Waals surface area contributed by atoms with Gasteiger partial charge in [-0.25, -0.2) is 4.68 Å². The van der Waals surface area contributed by atoms with Crippen LogP contribution < -0.4 is 0 Å². The maximum atomic E-state index is 4.27. The number of hydrogen-bond acceptors (Lipinski definition) is 2. The topological polar surface area (TPSA) is 30.7 Å². The van der Waals surface area contributed by atoms with Crippen LogP contribution in [0.1, 0.15) is 84.0 Å². The summed E-state index contributed by atoms with van der Waals surface area (Å²) in [5, 5.41) is 4.27. The lowest BCUT2D eigenvalue weighted by molar-refractivity contribution is 0.507. The Balaban J connectivity index is 1.84. The number of aromatic nitrogens is 3. The van der Waals surface area contributed by atoms with E-state index >= 15 is 0 Å². The maximum Gasteiger partial charge on any atom is 0.218 e. The summed E-state index contributed by atoms with van der Waals surface area (Å²) in [5.74, 6) is 0. The minimum atomic E-state index is 0.660. The highest BCUT2D eigenvalue weighted by Crippen LogP contribution is 2.14. The van der Waals surface area contributed by atoms with E-state index in [9.17, 15) is 0 Å². The molecule has 5 heteroatoms. The van der Waals surface area contributed by atoms with E-state index in [1.54, 1.807) is 0 Å². The van der Waals surface area contributed by atoms with Gasteiger partial charge in [0.05, 0.1) is 0 Å². The molecule has 0 radical (unpaired) electrons. The van der Waals surface area contributed by atoms with Crippen molar-refractivity contribution < 1.29 is 0 Å². The van der Waals surface area contributed by atoms with Crippen molar-refractivity contribution in [3.05, 3.63) is 9.47 Å². The van der Waals surface area contributed by atoms with Crippen molar-refractivity contribution in [3.8, 4) is 0 Å². The van der Waals surface area contributed by atoms with Crippen LogP contribution in [0, 0.1) is 0 Å². The van der Waals surface area contributed by atoms with Crippen LogP contribution in [0.4, 0.5) is 0 Å². The van der Waals surface area contributed by atoms with Gasteiger partial charge in [-0.3, -0.25) is 0 Å². The molecule has 0 unspecified atom stereocenters. The predicted molar refractivity (Wildman–Crippen MR) is 96.5 cm³/mol. The molecule has 0 amide bonds. The monoisotopic (exact) mass is 421 g/mol. The molecule has 0 saturated carbocycles. The van der Waals surface area contributed by atoms with Crippen LogP contribution in [0.25, 0.3) is 0 Å². The molecule has 0 aromatic carbocycles. The summed E-state index contributed by atoms with van der Waals surface area (Å²) < 4.78 is 3.39. The van der Waals surface area contributed by atoms with Crippen molar-refractivity contribution in [2.75, 3.05) is 0 Å². The Bertz CT molecular complexity index is 366. The lowest BCUT2D eigenvalue weighted by Gasteiger charge is -2.03. The Kier molecular flexibility index (Phi) is 11.5. The first-order valence-electron chi connectivity index (χ1n) is 8.50. The average Bonchev–Trinajstić information content (AvgIpc) is 2.78. The molecular formula is C16H29Br2N3. The molecule has 0 N–H and O–H groups in total. The van der Waals surface area contributed by atoms with Crippen molar-refractivity contribution in [1.29, 1.82) is 0 Å². The highest BCUT2D eigenvalue weighted by Gasteiger charge is 2.03. The fourth-order valence-corrected chi connectivity index (χ4v) is 3.56. The highest BCUT2D eigenvalue weighted by atomic mass is 79.9. The first kappa shape index (κ1) is 19.1. The summed E-state index contributed by atoms with van der Waals surface area (Å²) >= 11 is 6.70. The first-order valence-corrected chi connectivity index (χ1v) is 10.1. The third-order valence-corrected chi connectivity index (χ3v) is 4.75. The van der Waals surface area contributed by atoms with Crippen molar-refractivity contribution in [1.82, 2.24) is 14.8 Å². The van der Waals surface area contributed by atoms with E-state index in [4.69, 9.17) is 0 Å². The van der Waals surface area contributed by atoms with Crippen molar-refractivity contribution in [3.63, 3.8) is 0 Å². The third-order valence-electron chi connectivity index (χ3n) is 3.82. The Morgan fingerprint density at radius 1 is 0.762 bits per heavy atom. The van der Waals surface area contributed by atoms with Gasteiger partial charge in [-0.15, -0.1) is 5.10 Å². The van der Waals surface area contributed by atoms with Crippen molar-refractivity contribution in [2.24, 2.45) is 0 Å². The Labute approximate surface area is 146 Å². The Morgan fingerprint density at radius 3 is 1.67 bits per heavy atom. The molecule has 1 aromatic rings. The van der Waals surface area contributed by atoms with Gasteiger partial charge < -0.3 is 0 Å². The fraction of sp³-hybridized carbons (Fsp3) is 0.875. The molecule has 0 bridgehead atoms. The zero-order chi connectivity index (χ0) is 15.3. The van der Waals surface area contributed by atoms with Crippen LogP contribution in [0.2, 0.25) is 0 Å². The Hall–Kier alpha value is 0.1000. The smallest absolute Gasteiger partial charge is 0.218 e. The number of hydrogen-bond donors (Lipinski definition) is 0. The second-order valence-corrected chi connectivity index (χ2v) is 7.18. The van der Waals surface area contributed by atoms with E-state index < -0.39 is 0 Å². The molecule has 0 spiro atoms. The van der Waals surface area contributed by atoms with Gasteiger partial charge in [0.25, 0.3) is 0 Å². The summed E-state index contributed by atoms with van der Waals surface area (Å²) in [6, 6.07) is 0. The van der Waals surface area contributed by atoms with Gasteiger partial charge in [-0.05, 0) is 38.3 Å². The van der Waals surface area contributed by atoms with Crippen molar-refractivity contribution in [2.45, 2.75) is 90.5 Å². The van der Waals surface area contributed by atoms with E-state index in [1.807, 2.05) is 4.68 Å². The largest absolute Gasteiger partial charge is 0.239 e. The molecule has 0 atom stereocenters. The van der Waals surface area contributed by atoms with Gasteiger partial charge in [0.2, 0.25) is 4.73 Å². The minimum Gasteiger partial charge on any atom is -0.239 e. The second-order valence-electron chi connectivity index (χ2n) is 5.76. The highest BCUT2D eigenvalue weighted by molar-refractivity contribution is 9.11. The van der Waals surface area contributed by atoms with Crippen LogP contribution in [0.3, 0.4) is 0 Å². The van der Waals surface area contributed by atoms with Crippen LogP contribution >= 0.6 is 31.9 Å². The molecule has 3 nitrogen and oxygen atoms in total. The number of halogens is 2. The molecule has 1 rings (SSSR count). The summed E-state index contributed by atoms with van der Waals surface area (Å²) in [5.41, 5.74) is 0. The van der Waals surface area contributed by atoms with Gasteiger partial charge in [-0.1, -0.05) is 77.6 Å². The molecule has 1 heterocycles. The molecule has 0 aliphatic rings. The van der Waals surface area contributed by atoms with E-state index in [0.717, 1.165) is 11.3 Å². The predicted octanol–water partition coefficient (Wildman–Crippen LogP) is 6.50. The van der Waals surface area contributed by atoms with Gasteiger partial charge in [0.1, 0.15) is 0 Å². The number of aryl methyl sites for hydroxylation is 1. The second kappa shape index (κ2) is 12.6. The normalized spacial score (nSPS) is 11.2. The van der Waals surface area contributed by atoms with E-state index in [-0.39, 0.29) is 0 Å². The van der Waals surface area contributed by atoms with E-state index in [0.29, 0.717) is 4.73 Å². The van der Waals surface area contributed by atoms with Crippen LogP contribution in [-0.4, -0.2) is 14.8 Å². The lowest BCUT2D eigenvalue weighted by Crippen LogP contribution is -2.00. The third kappa shape index (κ3) is 9.67. The molecule has 0 aliphatic heterocycles. The van der Waals surface area contributed by atoms with Gasteiger partial charge in [-0.2, -0.15) is 4.98 Å². The Morgan fingerprint density at radius 2 is 1.24 bits per heavy atom. The number of nitrogens with zero attached hydrogens (tertiary/aromatic N) is 3.